The Bertz CT molecular complexity index is 426. The van der Waals surface area contributed by atoms with Crippen LogP contribution in [0.4, 0.5) is 8.78 Å². The van der Waals surface area contributed by atoms with E-state index < -0.39 is 11.6 Å². The molecule has 0 saturated heterocycles. The van der Waals surface area contributed by atoms with Crippen molar-refractivity contribution in [1.29, 1.82) is 0 Å². The van der Waals surface area contributed by atoms with E-state index in [4.69, 9.17) is 0 Å². The van der Waals surface area contributed by atoms with Gasteiger partial charge in [0.1, 0.15) is 11.6 Å². The summed E-state index contributed by atoms with van der Waals surface area (Å²) in [6.45, 7) is 0. The van der Waals surface area contributed by atoms with Gasteiger partial charge in [0.2, 0.25) is 0 Å². The lowest BCUT2D eigenvalue weighted by molar-refractivity contribution is 0.621. The highest BCUT2D eigenvalue weighted by Crippen LogP contribution is 2.15. The highest BCUT2D eigenvalue weighted by atomic mass is 19.1. The molecule has 0 fully saturated rings. The zero-order valence-corrected chi connectivity index (χ0v) is 6.09. The number of fused-ring (bicyclic) bond motifs is 1. The summed E-state index contributed by atoms with van der Waals surface area (Å²) in [7, 11) is 0. The Labute approximate surface area is 67.7 Å². The van der Waals surface area contributed by atoms with Crippen LogP contribution in [-0.2, 0) is 0 Å². The Hall–Kier alpha value is -1.51. The molecule has 3 heteroatoms. The minimum Gasteiger partial charge on any atom is -0.256 e. The van der Waals surface area contributed by atoms with Gasteiger partial charge < -0.3 is 0 Å². The molecule has 0 N–H and O–H groups in total. The largest absolute Gasteiger partial charge is 0.256 e. The first-order valence-electron chi connectivity index (χ1n) is 3.47. The van der Waals surface area contributed by atoms with Gasteiger partial charge in [-0.05, 0) is 24.3 Å². The van der Waals surface area contributed by atoms with Gasteiger partial charge >= 0.3 is 0 Å². The smallest absolute Gasteiger partial charge is 0.134 e. The number of halogens is 2. The third kappa shape index (κ3) is 1.03. The maximum atomic E-state index is 13.0. The van der Waals surface area contributed by atoms with E-state index in [1.54, 1.807) is 0 Å². The maximum Gasteiger partial charge on any atom is 0.134 e. The molecule has 2 aromatic rings. The van der Waals surface area contributed by atoms with E-state index >= 15 is 0 Å². The topological polar surface area (TPSA) is 12.9 Å². The molecule has 0 unspecified atom stereocenters. The van der Waals surface area contributed by atoms with Crippen LogP contribution in [-0.4, -0.2) is 4.98 Å². The van der Waals surface area contributed by atoms with Crippen LogP contribution in [0.3, 0.4) is 0 Å². The normalized spacial score (nSPS) is 10.5. The van der Waals surface area contributed by atoms with Gasteiger partial charge in [0.25, 0.3) is 0 Å². The number of aromatic nitrogens is 1. The summed E-state index contributed by atoms with van der Waals surface area (Å²) in [5.41, 5.74) is 0.469. The van der Waals surface area contributed by atoms with Crippen molar-refractivity contribution in [2.24, 2.45) is 0 Å². The van der Waals surface area contributed by atoms with Crippen LogP contribution in [0.2, 0.25) is 0 Å². The second kappa shape index (κ2) is 2.52. The summed E-state index contributed by atoms with van der Waals surface area (Å²) in [4.78, 5) is 3.88. The zero-order chi connectivity index (χ0) is 8.55. The van der Waals surface area contributed by atoms with E-state index in [-0.39, 0.29) is 5.39 Å². The Morgan fingerprint density at radius 2 is 1.92 bits per heavy atom. The molecular formula is C9H5F2N. The SMILES string of the molecule is Fc1ccc2nccc(F)c2c1. The molecule has 60 valence electrons. The summed E-state index contributed by atoms with van der Waals surface area (Å²) >= 11 is 0. The van der Waals surface area contributed by atoms with E-state index in [1.807, 2.05) is 0 Å². The molecule has 1 aromatic carbocycles. The van der Waals surface area contributed by atoms with Crippen molar-refractivity contribution in [2.75, 3.05) is 0 Å². The summed E-state index contributed by atoms with van der Waals surface area (Å²) in [6, 6.07) is 5.06. The van der Waals surface area contributed by atoms with E-state index in [0.29, 0.717) is 5.52 Å². The average molecular weight is 165 g/mol. The summed E-state index contributed by atoms with van der Waals surface area (Å²) in [6.07, 6.45) is 1.36. The third-order valence-electron chi connectivity index (χ3n) is 1.65. The van der Waals surface area contributed by atoms with Crippen molar-refractivity contribution in [2.45, 2.75) is 0 Å². The fourth-order valence-electron chi connectivity index (χ4n) is 1.08. The Morgan fingerprint density at radius 3 is 2.75 bits per heavy atom. The van der Waals surface area contributed by atoms with Crippen LogP contribution >= 0.6 is 0 Å². The monoisotopic (exact) mass is 165 g/mol. The quantitative estimate of drug-likeness (QED) is 0.584. The maximum absolute atomic E-state index is 13.0. The van der Waals surface area contributed by atoms with Gasteiger partial charge in [0.05, 0.1) is 5.52 Å². The van der Waals surface area contributed by atoms with Crippen LogP contribution in [0.1, 0.15) is 0 Å². The molecule has 1 aromatic heterocycles. The molecule has 0 aliphatic rings. The highest BCUT2D eigenvalue weighted by molar-refractivity contribution is 5.78. The number of pyridine rings is 1. The van der Waals surface area contributed by atoms with Crippen LogP contribution < -0.4 is 0 Å². The van der Waals surface area contributed by atoms with E-state index in [0.717, 1.165) is 6.07 Å². The number of hydrogen-bond donors (Lipinski definition) is 0. The molecule has 0 atom stereocenters. The van der Waals surface area contributed by atoms with Crippen LogP contribution in [0, 0.1) is 11.6 Å². The molecular weight excluding hydrogens is 160 g/mol. The number of rotatable bonds is 0. The second-order valence-corrected chi connectivity index (χ2v) is 2.45. The standard InChI is InChI=1S/C9H5F2N/c10-6-1-2-9-7(5-6)8(11)3-4-12-9/h1-5H. The fourth-order valence-corrected chi connectivity index (χ4v) is 1.08. The summed E-state index contributed by atoms with van der Waals surface area (Å²) in [5, 5.41) is 0.220. The summed E-state index contributed by atoms with van der Waals surface area (Å²) < 4.78 is 25.6. The number of benzene rings is 1. The van der Waals surface area contributed by atoms with Crippen molar-refractivity contribution < 1.29 is 8.78 Å². The highest BCUT2D eigenvalue weighted by Gasteiger charge is 2.01. The van der Waals surface area contributed by atoms with Crippen molar-refractivity contribution in [3.05, 3.63) is 42.1 Å². The van der Waals surface area contributed by atoms with Crippen molar-refractivity contribution >= 4 is 10.9 Å². The minimum absolute atomic E-state index is 0.220. The molecule has 0 bridgehead atoms. The van der Waals surface area contributed by atoms with Gasteiger partial charge in [-0.15, -0.1) is 0 Å². The predicted molar refractivity (Wildman–Crippen MR) is 41.7 cm³/mol. The van der Waals surface area contributed by atoms with Gasteiger partial charge in [0.15, 0.2) is 0 Å². The fraction of sp³-hybridized carbons (Fsp3) is 0. The number of hydrogen-bond acceptors (Lipinski definition) is 1. The molecule has 0 aliphatic carbocycles. The van der Waals surface area contributed by atoms with E-state index in [1.165, 1.54) is 24.4 Å². The first-order valence-corrected chi connectivity index (χ1v) is 3.47. The molecule has 1 heterocycles. The molecule has 0 spiro atoms. The van der Waals surface area contributed by atoms with Gasteiger partial charge in [-0.3, -0.25) is 4.98 Å². The first kappa shape index (κ1) is 7.16. The van der Waals surface area contributed by atoms with Gasteiger partial charge in [-0.25, -0.2) is 8.78 Å². The van der Waals surface area contributed by atoms with Crippen molar-refractivity contribution in [1.82, 2.24) is 4.98 Å². The van der Waals surface area contributed by atoms with Crippen molar-refractivity contribution in [3.63, 3.8) is 0 Å². The van der Waals surface area contributed by atoms with Crippen molar-refractivity contribution in [3.8, 4) is 0 Å². The first-order chi connectivity index (χ1) is 5.77. The lowest BCUT2D eigenvalue weighted by atomic mass is 10.2. The summed E-state index contributed by atoms with van der Waals surface area (Å²) in [5.74, 6) is -0.895. The van der Waals surface area contributed by atoms with Crippen LogP contribution in [0.25, 0.3) is 10.9 Å². The van der Waals surface area contributed by atoms with Gasteiger partial charge in [-0.2, -0.15) is 0 Å². The molecule has 2 rings (SSSR count). The third-order valence-corrected chi connectivity index (χ3v) is 1.65. The lowest BCUT2D eigenvalue weighted by Crippen LogP contribution is -1.83. The van der Waals surface area contributed by atoms with Gasteiger partial charge in [0, 0.05) is 11.6 Å². The molecule has 1 nitrogen and oxygen atoms in total. The average Bonchev–Trinajstić information content (AvgIpc) is 2.07. The van der Waals surface area contributed by atoms with Crippen LogP contribution in [0.15, 0.2) is 30.5 Å². The molecule has 0 radical (unpaired) electrons. The number of nitrogens with zero attached hydrogens (tertiary/aromatic N) is 1. The van der Waals surface area contributed by atoms with E-state index in [2.05, 4.69) is 4.98 Å². The minimum atomic E-state index is -0.450. The second-order valence-electron chi connectivity index (χ2n) is 2.45. The predicted octanol–water partition coefficient (Wildman–Crippen LogP) is 2.51. The molecule has 12 heavy (non-hydrogen) atoms. The Balaban J connectivity index is 2.88. The Morgan fingerprint density at radius 1 is 1.08 bits per heavy atom. The zero-order valence-electron chi connectivity index (χ0n) is 6.09. The Kier molecular flexibility index (Phi) is 1.50. The van der Waals surface area contributed by atoms with E-state index in [9.17, 15) is 8.78 Å². The van der Waals surface area contributed by atoms with Gasteiger partial charge in [-0.1, -0.05) is 0 Å². The molecule has 0 amide bonds. The lowest BCUT2D eigenvalue weighted by Gasteiger charge is -1.96. The molecule has 0 aliphatic heterocycles. The molecule has 0 saturated carbocycles. The van der Waals surface area contributed by atoms with Crippen LogP contribution in [0.5, 0.6) is 0 Å².